The quantitative estimate of drug-likeness (QED) is 0.881. The molecule has 1 aromatic rings. The van der Waals surface area contributed by atoms with Gasteiger partial charge < -0.3 is 5.11 Å². The third kappa shape index (κ3) is 2.32. The largest absolute Gasteiger partial charge is 0.481 e. The molecule has 0 spiro atoms. The molecule has 1 fully saturated rings. The maximum Gasteiger partial charge on any atom is 0.309 e. The van der Waals surface area contributed by atoms with Gasteiger partial charge in [0.15, 0.2) is 0 Å². The number of carbonyl (C=O) groups is 1. The number of hydrogen-bond donors (Lipinski definition) is 1. The van der Waals surface area contributed by atoms with Crippen LogP contribution < -0.4 is 0 Å². The van der Waals surface area contributed by atoms with Gasteiger partial charge in [-0.05, 0) is 36.7 Å². The Morgan fingerprint density at radius 2 is 1.89 bits per heavy atom. The number of benzene rings is 1. The van der Waals surface area contributed by atoms with Crippen molar-refractivity contribution in [2.24, 2.45) is 16.7 Å². The Hall–Kier alpha value is -1.57. The van der Waals surface area contributed by atoms with Crippen LogP contribution in [0.2, 0.25) is 0 Å². The highest BCUT2D eigenvalue weighted by atomic mass is 16.4. The number of hydrogen-bond acceptors (Lipinski definition) is 1. The van der Waals surface area contributed by atoms with Crippen molar-refractivity contribution in [3.05, 3.63) is 42.0 Å². The lowest BCUT2D eigenvalue weighted by Gasteiger charge is -2.37. The Labute approximate surface area is 115 Å². The Bertz CT molecular complexity index is 487. The normalized spacial score (nSPS) is 29.7. The third-order valence-electron chi connectivity index (χ3n) is 5.10. The van der Waals surface area contributed by atoms with Crippen LogP contribution in [0, 0.1) is 16.7 Å². The summed E-state index contributed by atoms with van der Waals surface area (Å²) in [6, 6.07) is 10.2. The van der Waals surface area contributed by atoms with Crippen LogP contribution in [0.5, 0.6) is 0 Å². The first-order valence-electron chi connectivity index (χ1n) is 6.84. The molecule has 1 aliphatic rings. The van der Waals surface area contributed by atoms with Crippen LogP contribution in [-0.2, 0) is 4.79 Å². The van der Waals surface area contributed by atoms with Gasteiger partial charge in [0.25, 0.3) is 0 Å². The van der Waals surface area contributed by atoms with E-state index in [0.717, 1.165) is 12.8 Å². The van der Waals surface area contributed by atoms with Crippen LogP contribution >= 0.6 is 0 Å². The molecule has 1 aliphatic carbocycles. The van der Waals surface area contributed by atoms with E-state index in [2.05, 4.69) is 38.1 Å². The van der Waals surface area contributed by atoms with E-state index >= 15 is 0 Å². The van der Waals surface area contributed by atoms with Crippen molar-refractivity contribution in [1.29, 1.82) is 0 Å². The lowest BCUT2D eigenvalue weighted by atomic mass is 9.65. The zero-order valence-corrected chi connectivity index (χ0v) is 11.9. The lowest BCUT2D eigenvalue weighted by Crippen LogP contribution is -2.40. The topological polar surface area (TPSA) is 37.3 Å². The molecule has 0 radical (unpaired) electrons. The zero-order valence-electron chi connectivity index (χ0n) is 11.9. The van der Waals surface area contributed by atoms with Crippen molar-refractivity contribution in [3.63, 3.8) is 0 Å². The van der Waals surface area contributed by atoms with E-state index in [1.165, 1.54) is 5.56 Å². The lowest BCUT2D eigenvalue weighted by molar-refractivity contribution is -0.154. The summed E-state index contributed by atoms with van der Waals surface area (Å²) < 4.78 is 0. The molecule has 2 rings (SSSR count). The highest BCUT2D eigenvalue weighted by Gasteiger charge is 2.55. The minimum Gasteiger partial charge on any atom is -0.481 e. The fourth-order valence-electron chi connectivity index (χ4n) is 3.05. The van der Waals surface area contributed by atoms with Gasteiger partial charge in [-0.15, -0.1) is 0 Å². The summed E-state index contributed by atoms with van der Waals surface area (Å²) in [6.07, 6.45) is 5.99. The van der Waals surface area contributed by atoms with Crippen molar-refractivity contribution in [3.8, 4) is 0 Å². The van der Waals surface area contributed by atoms with Gasteiger partial charge in [0.05, 0.1) is 5.41 Å². The summed E-state index contributed by atoms with van der Waals surface area (Å²) >= 11 is 0. The molecule has 0 unspecified atom stereocenters. The summed E-state index contributed by atoms with van der Waals surface area (Å²) in [5.41, 5.74) is 0.324. The van der Waals surface area contributed by atoms with Crippen molar-refractivity contribution in [2.75, 3.05) is 0 Å². The molecule has 1 N–H and O–H groups in total. The smallest absolute Gasteiger partial charge is 0.309 e. The molecule has 1 saturated carbocycles. The van der Waals surface area contributed by atoms with Gasteiger partial charge in [0.1, 0.15) is 0 Å². The van der Waals surface area contributed by atoms with Gasteiger partial charge in [-0.1, -0.05) is 56.3 Å². The van der Waals surface area contributed by atoms with E-state index in [-0.39, 0.29) is 5.41 Å². The fourth-order valence-corrected chi connectivity index (χ4v) is 3.05. The molecule has 0 saturated heterocycles. The van der Waals surface area contributed by atoms with Crippen molar-refractivity contribution in [1.82, 2.24) is 0 Å². The molecule has 0 amide bonds. The van der Waals surface area contributed by atoms with Gasteiger partial charge in [-0.25, -0.2) is 0 Å². The number of aliphatic carboxylic acids is 1. The van der Waals surface area contributed by atoms with E-state index in [1.54, 1.807) is 0 Å². The predicted octanol–water partition coefficient (Wildman–Crippen LogP) is 4.23. The molecule has 0 aromatic heterocycles. The van der Waals surface area contributed by atoms with Gasteiger partial charge >= 0.3 is 5.97 Å². The Balaban J connectivity index is 2.20. The molecular formula is C17H22O2. The number of allylic oxidation sites excluding steroid dienone is 1. The van der Waals surface area contributed by atoms with E-state index in [0.29, 0.717) is 5.92 Å². The minimum absolute atomic E-state index is 0.218. The van der Waals surface area contributed by atoms with Gasteiger partial charge in [0.2, 0.25) is 0 Å². The number of rotatable bonds is 3. The molecule has 102 valence electrons. The molecule has 0 aliphatic heterocycles. The molecule has 19 heavy (non-hydrogen) atoms. The fraction of sp³-hybridized carbons (Fsp3) is 0.471. The second-order valence-electron chi connectivity index (χ2n) is 6.27. The Kier molecular flexibility index (Phi) is 3.53. The summed E-state index contributed by atoms with van der Waals surface area (Å²) in [7, 11) is 0. The van der Waals surface area contributed by atoms with Crippen molar-refractivity contribution in [2.45, 2.75) is 33.6 Å². The van der Waals surface area contributed by atoms with E-state index in [4.69, 9.17) is 0 Å². The van der Waals surface area contributed by atoms with Crippen molar-refractivity contribution >= 4 is 12.0 Å². The van der Waals surface area contributed by atoms with E-state index in [1.807, 2.05) is 25.1 Å². The molecular weight excluding hydrogens is 236 g/mol. The van der Waals surface area contributed by atoms with Gasteiger partial charge in [-0.3, -0.25) is 4.79 Å². The summed E-state index contributed by atoms with van der Waals surface area (Å²) in [4.78, 5) is 11.5. The van der Waals surface area contributed by atoms with E-state index < -0.39 is 11.4 Å². The summed E-state index contributed by atoms with van der Waals surface area (Å²) in [6.45, 7) is 6.04. The number of carboxylic acid groups (broad SMARTS) is 1. The maximum absolute atomic E-state index is 11.5. The molecule has 2 nitrogen and oxygen atoms in total. The molecule has 1 aromatic carbocycles. The average molecular weight is 258 g/mol. The van der Waals surface area contributed by atoms with Crippen molar-refractivity contribution < 1.29 is 9.90 Å². The number of carboxylic acids is 1. The summed E-state index contributed by atoms with van der Waals surface area (Å²) in [5.74, 6) is -0.359. The summed E-state index contributed by atoms with van der Waals surface area (Å²) in [5, 5.41) is 9.49. The van der Waals surface area contributed by atoms with E-state index in [9.17, 15) is 9.90 Å². The minimum atomic E-state index is -0.673. The predicted molar refractivity (Wildman–Crippen MR) is 77.7 cm³/mol. The molecule has 2 atom stereocenters. The van der Waals surface area contributed by atoms with Crippen LogP contribution in [-0.4, -0.2) is 11.1 Å². The molecule has 2 heteroatoms. The monoisotopic (exact) mass is 258 g/mol. The Morgan fingerprint density at radius 3 is 2.42 bits per heavy atom. The standard InChI is InChI=1S/C17H22O2/c1-16(2)14(11-12-17(16,3)15(18)19)10-9-13-7-5-4-6-8-13/h4-10,14H,11-12H2,1-3H3,(H,18,19)/b10-9-/t14-,17-/m1/s1. The third-order valence-corrected chi connectivity index (χ3v) is 5.10. The second kappa shape index (κ2) is 4.84. The van der Waals surface area contributed by atoms with Crippen LogP contribution in [0.1, 0.15) is 39.2 Å². The van der Waals surface area contributed by atoms with Gasteiger partial charge in [0, 0.05) is 0 Å². The molecule has 0 heterocycles. The Morgan fingerprint density at radius 1 is 1.26 bits per heavy atom. The van der Waals surface area contributed by atoms with Crippen LogP contribution in [0.4, 0.5) is 0 Å². The van der Waals surface area contributed by atoms with Crippen LogP contribution in [0.15, 0.2) is 36.4 Å². The second-order valence-corrected chi connectivity index (χ2v) is 6.27. The SMILES string of the molecule is CC1(C)[C@H](/C=C\c2ccccc2)CC[C@]1(C)C(=O)O. The maximum atomic E-state index is 11.5. The first-order chi connectivity index (χ1) is 8.88. The highest BCUT2D eigenvalue weighted by Crippen LogP contribution is 2.56. The highest BCUT2D eigenvalue weighted by molar-refractivity contribution is 5.76. The van der Waals surface area contributed by atoms with Crippen LogP contribution in [0.3, 0.4) is 0 Å². The van der Waals surface area contributed by atoms with Gasteiger partial charge in [-0.2, -0.15) is 0 Å². The zero-order chi connectivity index (χ0) is 14.1. The first kappa shape index (κ1) is 13.9. The molecule has 0 bridgehead atoms. The van der Waals surface area contributed by atoms with Crippen LogP contribution in [0.25, 0.3) is 6.08 Å². The average Bonchev–Trinajstić information content (AvgIpc) is 2.61. The first-order valence-corrected chi connectivity index (χ1v) is 6.84.